The third-order valence-electron chi connectivity index (χ3n) is 5.87. The van der Waals surface area contributed by atoms with E-state index in [4.69, 9.17) is 4.99 Å². The first-order valence-corrected chi connectivity index (χ1v) is 11.3. The second-order valence-electron chi connectivity index (χ2n) is 7.85. The average Bonchev–Trinajstić information content (AvgIpc) is 3.39. The lowest BCUT2D eigenvalue weighted by atomic mass is 9.96. The molecule has 8 nitrogen and oxygen atoms in total. The van der Waals surface area contributed by atoms with Crippen LogP contribution in [0, 0.1) is 5.92 Å². The molecule has 1 aromatic heterocycles. The molecule has 3 aliphatic rings. The number of fused-ring (bicyclic) bond motifs is 3. The van der Waals surface area contributed by atoms with Crippen molar-refractivity contribution in [2.75, 3.05) is 9.91 Å². The molecule has 6 rings (SSSR count). The van der Waals surface area contributed by atoms with Crippen LogP contribution < -0.4 is 15.5 Å². The van der Waals surface area contributed by atoms with E-state index in [0.717, 1.165) is 5.56 Å². The van der Waals surface area contributed by atoms with Crippen LogP contribution in [0.25, 0.3) is 0 Å². The summed E-state index contributed by atoms with van der Waals surface area (Å²) < 4.78 is 0. The van der Waals surface area contributed by atoms with E-state index in [-0.39, 0.29) is 11.5 Å². The predicted molar refractivity (Wildman–Crippen MR) is 129 cm³/mol. The summed E-state index contributed by atoms with van der Waals surface area (Å²) in [6.45, 7) is 1.84. The normalized spacial score (nSPS) is 21.4. The van der Waals surface area contributed by atoms with Gasteiger partial charge in [-0.1, -0.05) is 60.3 Å². The number of para-hydroxylation sites is 1. The Hall–Kier alpha value is -3.98. The number of thioether (sulfide) groups is 1. The van der Waals surface area contributed by atoms with Crippen LogP contribution in [-0.4, -0.2) is 26.8 Å². The van der Waals surface area contributed by atoms with E-state index in [0.29, 0.717) is 33.6 Å². The molecule has 2 aromatic carbocycles. The second kappa shape index (κ2) is 7.56. The van der Waals surface area contributed by atoms with Crippen molar-refractivity contribution >= 4 is 40.1 Å². The molecule has 0 saturated carbocycles. The van der Waals surface area contributed by atoms with Gasteiger partial charge in [0.1, 0.15) is 12.0 Å². The molecule has 3 aromatic rings. The summed E-state index contributed by atoms with van der Waals surface area (Å²) in [5.41, 5.74) is 3.20. The maximum Gasteiger partial charge on any atom is 0.262 e. The summed E-state index contributed by atoms with van der Waals surface area (Å²) >= 11 is 1.43. The standard InChI is InChI=1S/C24H18N6O2S/c1-14-18(23(32)30(28-14)16-10-6-3-7-11-16)17-12-33-24-27-20(15-8-4-2-5-9-15)19-21(29(17)24)25-13-26-22(19)31/h2-13,18,20H,1H3,(H,25,26,31). The fraction of sp³-hybridized carbons (Fsp3) is 0.125. The molecule has 0 aliphatic carbocycles. The number of H-pyrrole nitrogens is 1. The molecule has 1 amide bonds. The first-order valence-electron chi connectivity index (χ1n) is 10.4. The topological polar surface area (TPSA) is 94.0 Å². The van der Waals surface area contributed by atoms with E-state index in [1.165, 1.54) is 23.1 Å². The Morgan fingerprint density at radius 1 is 1.00 bits per heavy atom. The van der Waals surface area contributed by atoms with Crippen LogP contribution in [0.3, 0.4) is 0 Å². The number of nitrogens with one attached hydrogen (secondary N) is 1. The summed E-state index contributed by atoms with van der Waals surface area (Å²) in [5.74, 6) is -0.247. The fourth-order valence-electron chi connectivity index (χ4n) is 4.36. The Balaban J connectivity index is 1.43. The number of aromatic nitrogens is 2. The van der Waals surface area contributed by atoms with Gasteiger partial charge < -0.3 is 4.98 Å². The van der Waals surface area contributed by atoms with Crippen LogP contribution in [0.5, 0.6) is 0 Å². The smallest absolute Gasteiger partial charge is 0.262 e. The van der Waals surface area contributed by atoms with Crippen LogP contribution in [-0.2, 0) is 4.79 Å². The molecule has 0 saturated heterocycles. The Kier molecular flexibility index (Phi) is 4.51. The van der Waals surface area contributed by atoms with Gasteiger partial charge in [0.2, 0.25) is 0 Å². The number of aromatic amines is 1. The van der Waals surface area contributed by atoms with Crippen LogP contribution in [0.2, 0.25) is 0 Å². The minimum atomic E-state index is -0.590. The fourth-order valence-corrected chi connectivity index (χ4v) is 5.30. The zero-order valence-corrected chi connectivity index (χ0v) is 18.4. The minimum absolute atomic E-state index is 0.150. The van der Waals surface area contributed by atoms with E-state index in [2.05, 4.69) is 15.1 Å². The number of anilines is 2. The van der Waals surface area contributed by atoms with Crippen molar-refractivity contribution in [3.05, 3.63) is 99.6 Å². The van der Waals surface area contributed by atoms with Crippen LogP contribution >= 0.6 is 11.8 Å². The van der Waals surface area contributed by atoms with Gasteiger partial charge in [0.15, 0.2) is 11.0 Å². The lowest BCUT2D eigenvalue weighted by Crippen LogP contribution is -2.39. The number of hydrazone groups is 1. The SMILES string of the molecule is CC1=NN(c2ccccc2)C(=O)C1C1=CSC2=NC(c3ccccc3)c3c(nc[nH]c3=O)N12. The summed E-state index contributed by atoms with van der Waals surface area (Å²) in [6.07, 6.45) is 1.39. The first kappa shape index (κ1) is 19.7. The molecule has 2 unspecified atom stereocenters. The van der Waals surface area contributed by atoms with Gasteiger partial charge >= 0.3 is 0 Å². The van der Waals surface area contributed by atoms with Gasteiger partial charge in [0.25, 0.3) is 11.5 Å². The molecule has 0 spiro atoms. The van der Waals surface area contributed by atoms with E-state index in [9.17, 15) is 9.59 Å². The van der Waals surface area contributed by atoms with Gasteiger partial charge in [0.05, 0.1) is 29.0 Å². The van der Waals surface area contributed by atoms with Crippen molar-refractivity contribution in [1.82, 2.24) is 9.97 Å². The first-order chi connectivity index (χ1) is 16.1. The second-order valence-corrected chi connectivity index (χ2v) is 8.69. The maximum absolute atomic E-state index is 13.4. The predicted octanol–water partition coefficient (Wildman–Crippen LogP) is 3.66. The van der Waals surface area contributed by atoms with Crippen molar-refractivity contribution in [2.24, 2.45) is 16.0 Å². The lowest BCUT2D eigenvalue weighted by Gasteiger charge is -2.31. The number of hydrogen-bond donors (Lipinski definition) is 1. The molecular formula is C24H18N6O2S. The molecule has 162 valence electrons. The quantitative estimate of drug-likeness (QED) is 0.652. The lowest BCUT2D eigenvalue weighted by molar-refractivity contribution is -0.119. The molecule has 0 bridgehead atoms. The Morgan fingerprint density at radius 2 is 1.73 bits per heavy atom. The third-order valence-corrected chi connectivity index (χ3v) is 6.73. The summed E-state index contributed by atoms with van der Waals surface area (Å²) in [5, 5.41) is 8.56. The Morgan fingerprint density at radius 3 is 2.48 bits per heavy atom. The van der Waals surface area contributed by atoms with E-state index < -0.39 is 12.0 Å². The van der Waals surface area contributed by atoms with Crippen LogP contribution in [0.15, 0.2) is 93.0 Å². The van der Waals surface area contributed by atoms with Crippen molar-refractivity contribution in [1.29, 1.82) is 0 Å². The zero-order valence-electron chi connectivity index (χ0n) is 17.5. The van der Waals surface area contributed by atoms with Crippen LogP contribution in [0.1, 0.15) is 24.1 Å². The monoisotopic (exact) mass is 454 g/mol. The van der Waals surface area contributed by atoms with Gasteiger partial charge in [-0.3, -0.25) is 14.5 Å². The Labute approximate surface area is 193 Å². The molecular weight excluding hydrogens is 436 g/mol. The molecule has 3 aliphatic heterocycles. The molecule has 4 heterocycles. The largest absolute Gasteiger partial charge is 0.313 e. The highest BCUT2D eigenvalue weighted by atomic mass is 32.2. The van der Waals surface area contributed by atoms with Gasteiger partial charge in [-0.25, -0.2) is 9.98 Å². The number of rotatable bonds is 3. The number of amidine groups is 1. The molecule has 9 heteroatoms. The van der Waals surface area contributed by atoms with E-state index in [1.54, 1.807) is 0 Å². The summed E-state index contributed by atoms with van der Waals surface area (Å²) in [7, 11) is 0. The van der Waals surface area contributed by atoms with E-state index in [1.807, 2.05) is 77.9 Å². The summed E-state index contributed by atoms with van der Waals surface area (Å²) in [6, 6.07) is 18.5. The number of nitrogens with zero attached hydrogens (tertiary/aromatic N) is 5. The van der Waals surface area contributed by atoms with Crippen LogP contribution in [0.4, 0.5) is 11.5 Å². The van der Waals surface area contributed by atoms with Crippen molar-refractivity contribution in [3.8, 4) is 0 Å². The van der Waals surface area contributed by atoms with Gasteiger partial charge in [-0.15, -0.1) is 0 Å². The number of carbonyl (C=O) groups is 1. The number of benzene rings is 2. The average molecular weight is 455 g/mol. The number of carbonyl (C=O) groups excluding carboxylic acids is 1. The molecule has 0 fully saturated rings. The molecule has 1 N–H and O–H groups in total. The molecule has 33 heavy (non-hydrogen) atoms. The molecule has 2 atom stereocenters. The maximum atomic E-state index is 13.4. The number of aliphatic imine (C=N–C) groups is 1. The minimum Gasteiger partial charge on any atom is -0.313 e. The Bertz CT molecular complexity index is 1410. The van der Waals surface area contributed by atoms with Gasteiger partial charge in [0, 0.05) is 5.41 Å². The highest BCUT2D eigenvalue weighted by Crippen LogP contribution is 2.45. The third kappa shape index (κ3) is 3.04. The van der Waals surface area contributed by atoms with Crippen molar-refractivity contribution in [3.63, 3.8) is 0 Å². The van der Waals surface area contributed by atoms with Gasteiger partial charge in [-0.2, -0.15) is 10.1 Å². The van der Waals surface area contributed by atoms with Crippen molar-refractivity contribution < 1.29 is 4.79 Å². The highest BCUT2D eigenvalue weighted by molar-refractivity contribution is 8.17. The zero-order chi connectivity index (χ0) is 22.5. The molecule has 0 radical (unpaired) electrons. The van der Waals surface area contributed by atoms with Gasteiger partial charge in [-0.05, 0) is 24.6 Å². The highest BCUT2D eigenvalue weighted by Gasteiger charge is 2.45. The number of amides is 1. The van der Waals surface area contributed by atoms with Crippen molar-refractivity contribution in [2.45, 2.75) is 13.0 Å². The number of hydrogen-bond acceptors (Lipinski definition) is 7. The summed E-state index contributed by atoms with van der Waals surface area (Å²) in [4.78, 5) is 40.3. The van der Waals surface area contributed by atoms with E-state index >= 15 is 0 Å².